The van der Waals surface area contributed by atoms with Gasteiger partial charge in [0, 0.05) is 18.6 Å². The van der Waals surface area contributed by atoms with E-state index in [1.54, 1.807) is 28.9 Å². The Morgan fingerprint density at radius 2 is 2.30 bits per heavy atom. The monoisotopic (exact) mass is 287 g/mol. The summed E-state index contributed by atoms with van der Waals surface area (Å²) in [6, 6.07) is 5.37. The Morgan fingerprint density at radius 3 is 2.85 bits per heavy atom. The highest BCUT2D eigenvalue weighted by atomic mass is 32.1. The van der Waals surface area contributed by atoms with E-state index in [9.17, 15) is 4.79 Å². The van der Waals surface area contributed by atoms with E-state index < -0.39 is 0 Å². The fourth-order valence-electron chi connectivity index (χ4n) is 2.04. The number of rotatable bonds is 3. The second kappa shape index (κ2) is 5.01. The molecule has 3 heterocycles. The van der Waals surface area contributed by atoms with Crippen LogP contribution in [0, 0.1) is 0 Å². The van der Waals surface area contributed by atoms with E-state index in [1.807, 2.05) is 24.4 Å². The molecule has 0 aromatic carbocycles. The van der Waals surface area contributed by atoms with Crippen molar-refractivity contribution in [2.75, 3.05) is 0 Å². The van der Waals surface area contributed by atoms with Crippen molar-refractivity contribution in [2.45, 2.75) is 19.5 Å². The molecule has 7 heteroatoms. The smallest absolute Gasteiger partial charge is 0.251 e. The molecule has 2 aromatic heterocycles. The third-order valence-electron chi connectivity index (χ3n) is 3.11. The molecule has 1 N–H and O–H groups in total. The van der Waals surface area contributed by atoms with E-state index in [1.165, 1.54) is 0 Å². The Morgan fingerprint density at radius 1 is 1.45 bits per heavy atom. The molecule has 102 valence electrons. The van der Waals surface area contributed by atoms with Crippen molar-refractivity contribution in [2.24, 2.45) is 0 Å². The molecule has 6 nitrogen and oxygen atoms in total. The molecule has 0 saturated carbocycles. The largest absolute Gasteiger partial charge is 0.351 e. The molecule has 1 amide bonds. The number of nitrogens with one attached hydrogen (secondary N) is 1. The van der Waals surface area contributed by atoms with E-state index in [0.29, 0.717) is 11.7 Å². The lowest BCUT2D eigenvalue weighted by Gasteiger charge is -2.14. The molecule has 1 aliphatic heterocycles. The highest BCUT2D eigenvalue weighted by Crippen LogP contribution is 2.12. The van der Waals surface area contributed by atoms with Crippen LogP contribution in [0.4, 0.5) is 0 Å². The van der Waals surface area contributed by atoms with Gasteiger partial charge in [0.15, 0.2) is 10.9 Å². The fourth-order valence-corrected chi connectivity index (χ4v) is 2.37. The van der Waals surface area contributed by atoms with Crippen LogP contribution in [0.15, 0.2) is 36.8 Å². The van der Waals surface area contributed by atoms with Crippen molar-refractivity contribution in [3.63, 3.8) is 0 Å². The van der Waals surface area contributed by atoms with Crippen LogP contribution in [0.3, 0.4) is 0 Å². The first-order valence-corrected chi connectivity index (χ1v) is 6.63. The van der Waals surface area contributed by atoms with Gasteiger partial charge in [0.25, 0.3) is 5.91 Å². The van der Waals surface area contributed by atoms with Gasteiger partial charge in [-0.15, -0.1) is 0 Å². The summed E-state index contributed by atoms with van der Waals surface area (Å²) < 4.78 is 1.68. The van der Waals surface area contributed by atoms with Crippen LogP contribution in [0.5, 0.6) is 0 Å². The average Bonchev–Trinajstić information content (AvgIpc) is 3.05. The lowest BCUT2D eigenvalue weighted by atomic mass is 10.2. The molecule has 0 bridgehead atoms. The van der Waals surface area contributed by atoms with Crippen molar-refractivity contribution in [1.82, 2.24) is 25.0 Å². The number of hydrogen-bond acceptors (Lipinski definition) is 4. The third kappa shape index (κ3) is 2.27. The van der Waals surface area contributed by atoms with E-state index in [2.05, 4.69) is 15.4 Å². The maximum Gasteiger partial charge on any atom is 0.251 e. The van der Waals surface area contributed by atoms with Crippen LogP contribution < -0.4 is 5.32 Å². The van der Waals surface area contributed by atoms with E-state index in [4.69, 9.17) is 12.2 Å². The van der Waals surface area contributed by atoms with Crippen molar-refractivity contribution < 1.29 is 4.79 Å². The third-order valence-corrected chi connectivity index (χ3v) is 3.45. The van der Waals surface area contributed by atoms with Gasteiger partial charge in [0.1, 0.15) is 6.04 Å². The van der Waals surface area contributed by atoms with Crippen LogP contribution in [0.25, 0.3) is 5.82 Å². The van der Waals surface area contributed by atoms with Gasteiger partial charge in [-0.1, -0.05) is 6.07 Å². The molecule has 0 aliphatic carbocycles. The lowest BCUT2D eigenvalue weighted by Crippen LogP contribution is -2.30. The number of aromatic nitrogens is 3. The summed E-state index contributed by atoms with van der Waals surface area (Å²) in [7, 11) is 0. The Kier molecular flexibility index (Phi) is 3.19. The molecule has 0 radical (unpaired) electrons. The number of thiocarbonyl (C=S) groups is 1. The van der Waals surface area contributed by atoms with Gasteiger partial charge in [-0.05, 0) is 36.8 Å². The summed E-state index contributed by atoms with van der Waals surface area (Å²) in [6.07, 6.45) is 5.26. The predicted molar refractivity (Wildman–Crippen MR) is 77.1 cm³/mol. The first-order chi connectivity index (χ1) is 9.65. The Hall–Kier alpha value is -2.28. The Balaban J connectivity index is 1.76. The van der Waals surface area contributed by atoms with Crippen LogP contribution >= 0.6 is 12.2 Å². The Bertz CT molecular complexity index is 637. The zero-order valence-corrected chi connectivity index (χ0v) is 11.7. The van der Waals surface area contributed by atoms with Crippen LogP contribution in [-0.4, -0.2) is 36.7 Å². The fraction of sp³-hybridized carbons (Fsp3) is 0.231. The molecule has 1 saturated heterocycles. The molecule has 1 unspecified atom stereocenters. The maximum atomic E-state index is 11.9. The van der Waals surface area contributed by atoms with Gasteiger partial charge in [0.2, 0.25) is 0 Å². The number of carbonyl (C=O) groups excluding carboxylic acids is 1. The molecule has 20 heavy (non-hydrogen) atoms. The topological polar surface area (TPSA) is 63.1 Å². The van der Waals surface area contributed by atoms with Crippen LogP contribution in [0.2, 0.25) is 0 Å². The van der Waals surface area contributed by atoms with Crippen molar-refractivity contribution in [1.29, 1.82) is 0 Å². The summed E-state index contributed by atoms with van der Waals surface area (Å²) in [5, 5.41) is 7.53. The molecule has 0 spiro atoms. The first-order valence-electron chi connectivity index (χ1n) is 6.22. The summed E-state index contributed by atoms with van der Waals surface area (Å²) >= 11 is 5.14. The van der Waals surface area contributed by atoms with Crippen LogP contribution in [-0.2, 0) is 11.3 Å². The highest BCUT2D eigenvalue weighted by Gasteiger charge is 2.31. The summed E-state index contributed by atoms with van der Waals surface area (Å²) in [5.41, 5.74) is 0.924. The van der Waals surface area contributed by atoms with Crippen molar-refractivity contribution in [3.8, 4) is 5.82 Å². The number of nitrogens with zero attached hydrogens (tertiary/aromatic N) is 4. The van der Waals surface area contributed by atoms with Gasteiger partial charge >= 0.3 is 0 Å². The highest BCUT2D eigenvalue weighted by molar-refractivity contribution is 7.80. The van der Waals surface area contributed by atoms with E-state index >= 15 is 0 Å². The predicted octanol–water partition coefficient (Wildman–Crippen LogP) is 0.873. The van der Waals surface area contributed by atoms with Crippen molar-refractivity contribution >= 4 is 23.2 Å². The molecule has 1 aliphatic rings. The SMILES string of the molecule is CC1NC(=S)N(Cc2ccc(-n3cccn3)nc2)C1=O. The molecule has 3 rings (SSSR count). The van der Waals surface area contributed by atoms with Gasteiger partial charge in [0.05, 0.1) is 6.54 Å². The second-order valence-corrected chi connectivity index (χ2v) is 4.96. The molecule has 1 atom stereocenters. The first kappa shape index (κ1) is 12.7. The lowest BCUT2D eigenvalue weighted by molar-refractivity contribution is -0.127. The summed E-state index contributed by atoms with van der Waals surface area (Å²) in [4.78, 5) is 17.8. The van der Waals surface area contributed by atoms with Gasteiger partial charge in [-0.2, -0.15) is 5.10 Å². The standard InChI is InChI=1S/C13H13N5OS/c1-9-12(19)17(13(20)16-9)8-10-3-4-11(14-7-10)18-6-2-5-15-18/h2-7,9H,8H2,1H3,(H,16,20). The number of carbonyl (C=O) groups is 1. The quantitative estimate of drug-likeness (QED) is 0.849. The van der Waals surface area contributed by atoms with Gasteiger partial charge in [-0.25, -0.2) is 9.67 Å². The van der Waals surface area contributed by atoms with E-state index in [-0.39, 0.29) is 11.9 Å². The van der Waals surface area contributed by atoms with Gasteiger partial charge < -0.3 is 5.32 Å². The number of hydrogen-bond donors (Lipinski definition) is 1. The van der Waals surface area contributed by atoms with Crippen molar-refractivity contribution in [3.05, 3.63) is 42.4 Å². The Labute approximate surface area is 121 Å². The molecular weight excluding hydrogens is 274 g/mol. The average molecular weight is 287 g/mol. The minimum absolute atomic E-state index is 0.00819. The zero-order valence-electron chi connectivity index (χ0n) is 10.9. The van der Waals surface area contributed by atoms with Crippen LogP contribution in [0.1, 0.15) is 12.5 Å². The summed E-state index contributed by atoms with van der Waals surface area (Å²) in [6.45, 7) is 2.23. The minimum atomic E-state index is -0.251. The maximum absolute atomic E-state index is 11.9. The minimum Gasteiger partial charge on any atom is -0.351 e. The molecular formula is C13H13N5OS. The zero-order chi connectivity index (χ0) is 14.1. The van der Waals surface area contributed by atoms with E-state index in [0.717, 1.165) is 11.4 Å². The van der Waals surface area contributed by atoms with Gasteiger partial charge in [-0.3, -0.25) is 9.69 Å². The molecule has 1 fully saturated rings. The number of amides is 1. The number of pyridine rings is 1. The normalized spacial score (nSPS) is 18.4. The molecule has 2 aromatic rings. The summed E-state index contributed by atoms with van der Waals surface area (Å²) in [5.74, 6) is 0.728. The second-order valence-electron chi connectivity index (χ2n) is 4.57.